The predicted molar refractivity (Wildman–Crippen MR) is 64.1 cm³/mol. The van der Waals surface area contributed by atoms with Crippen molar-refractivity contribution in [2.24, 2.45) is 5.41 Å². The lowest BCUT2D eigenvalue weighted by Gasteiger charge is -2.37. The van der Waals surface area contributed by atoms with Crippen LogP contribution in [0.1, 0.15) is 20.3 Å². The van der Waals surface area contributed by atoms with Crippen LogP contribution >= 0.6 is 0 Å². The zero-order chi connectivity index (χ0) is 13.6. The second kappa shape index (κ2) is 4.20. The lowest BCUT2D eigenvalue weighted by molar-refractivity contribution is -0.140. The van der Waals surface area contributed by atoms with Crippen molar-refractivity contribution >= 4 is 5.91 Å². The molecule has 0 N–H and O–H groups in total. The zero-order valence-electron chi connectivity index (χ0n) is 10.7. The molecule has 0 unspecified atom stereocenters. The van der Waals surface area contributed by atoms with Crippen molar-refractivity contribution in [2.75, 3.05) is 26.2 Å². The van der Waals surface area contributed by atoms with Gasteiger partial charge in [-0.05, 0) is 13.8 Å². The predicted octanol–water partition coefficient (Wildman–Crippen LogP) is 1.20. The highest BCUT2D eigenvalue weighted by Gasteiger charge is 2.76. The third kappa shape index (κ3) is 1.89. The topological polar surface area (TPSA) is 23.6 Å². The van der Waals surface area contributed by atoms with E-state index in [4.69, 9.17) is 6.42 Å². The van der Waals surface area contributed by atoms with Gasteiger partial charge in [-0.3, -0.25) is 9.69 Å². The molecule has 1 aliphatic carbocycles. The molecule has 100 valence electrons. The van der Waals surface area contributed by atoms with Gasteiger partial charge in [-0.15, -0.1) is 6.42 Å². The van der Waals surface area contributed by atoms with Gasteiger partial charge < -0.3 is 4.90 Å². The Morgan fingerprint density at radius 1 is 1.28 bits per heavy atom. The van der Waals surface area contributed by atoms with Crippen LogP contribution in [0.2, 0.25) is 0 Å². The molecule has 0 radical (unpaired) electrons. The first kappa shape index (κ1) is 13.3. The molecule has 0 aromatic carbocycles. The summed E-state index contributed by atoms with van der Waals surface area (Å²) in [7, 11) is 0. The van der Waals surface area contributed by atoms with E-state index in [1.807, 2.05) is 5.92 Å². The van der Waals surface area contributed by atoms with Gasteiger partial charge in [-0.25, -0.2) is 8.78 Å². The molecule has 0 spiro atoms. The summed E-state index contributed by atoms with van der Waals surface area (Å²) in [6, 6.07) is 0.409. The van der Waals surface area contributed by atoms with E-state index >= 15 is 0 Å². The number of halogens is 2. The average Bonchev–Trinajstić information content (AvgIpc) is 2.92. The molecule has 2 aliphatic rings. The highest BCUT2D eigenvalue weighted by Crippen LogP contribution is 2.61. The maximum Gasteiger partial charge on any atom is 0.275 e. The molecular formula is C13H18F2N2O. The summed E-state index contributed by atoms with van der Waals surface area (Å²) in [4.78, 5) is 15.8. The first-order valence-electron chi connectivity index (χ1n) is 6.23. The Morgan fingerprint density at radius 3 is 2.11 bits per heavy atom. The summed E-state index contributed by atoms with van der Waals surface area (Å²) in [6.45, 7) is 6.56. The van der Waals surface area contributed by atoms with E-state index in [0.29, 0.717) is 19.1 Å². The molecule has 1 atom stereocenters. The lowest BCUT2D eigenvalue weighted by Crippen LogP contribution is -2.52. The smallest absolute Gasteiger partial charge is 0.275 e. The van der Waals surface area contributed by atoms with Crippen molar-refractivity contribution in [3.63, 3.8) is 0 Å². The Hall–Kier alpha value is -1.15. The Bertz CT molecular complexity index is 394. The normalized spacial score (nSPS) is 31.2. The van der Waals surface area contributed by atoms with Crippen LogP contribution in [-0.4, -0.2) is 53.9 Å². The number of nitrogens with zero attached hydrogens (tertiary/aromatic N) is 2. The molecule has 0 aromatic heterocycles. The number of hydrogen-bond donors (Lipinski definition) is 0. The molecule has 1 saturated heterocycles. The standard InChI is InChI=1S/C13H18F2N2O/c1-4-12(9-13(12,14)15)11(18)17-7-5-16(6-8-17)10(2)3/h1,10H,5-9H2,2-3H3/t12-/m1/s1. The molecule has 2 fully saturated rings. The van der Waals surface area contributed by atoms with Crippen molar-refractivity contribution < 1.29 is 13.6 Å². The molecule has 3 nitrogen and oxygen atoms in total. The summed E-state index contributed by atoms with van der Waals surface area (Å²) in [6.07, 6.45) is 4.64. The van der Waals surface area contributed by atoms with E-state index < -0.39 is 23.7 Å². The highest BCUT2D eigenvalue weighted by atomic mass is 19.3. The first-order valence-corrected chi connectivity index (χ1v) is 6.23. The fourth-order valence-electron chi connectivity index (χ4n) is 2.45. The quantitative estimate of drug-likeness (QED) is 0.693. The Labute approximate surface area is 106 Å². The van der Waals surface area contributed by atoms with E-state index in [0.717, 1.165) is 13.1 Å². The SMILES string of the molecule is C#C[C@]1(C(=O)N2CCN(C(C)C)CC2)CC1(F)F. The molecule has 1 saturated carbocycles. The van der Waals surface area contributed by atoms with Crippen LogP contribution in [0.5, 0.6) is 0 Å². The zero-order valence-corrected chi connectivity index (χ0v) is 10.7. The summed E-state index contributed by atoms with van der Waals surface area (Å²) in [5.74, 6) is -1.57. The van der Waals surface area contributed by atoms with E-state index in [1.54, 1.807) is 0 Å². The maximum absolute atomic E-state index is 13.3. The summed E-state index contributed by atoms with van der Waals surface area (Å²) in [5.41, 5.74) is -1.85. The van der Waals surface area contributed by atoms with E-state index in [2.05, 4.69) is 18.7 Å². The van der Waals surface area contributed by atoms with Gasteiger partial charge in [0.15, 0.2) is 5.41 Å². The average molecular weight is 256 g/mol. The van der Waals surface area contributed by atoms with Crippen LogP contribution in [-0.2, 0) is 4.79 Å². The number of carbonyl (C=O) groups is 1. The lowest BCUT2D eigenvalue weighted by atomic mass is 10.1. The Kier molecular flexibility index (Phi) is 3.10. The van der Waals surface area contributed by atoms with Crippen LogP contribution in [0, 0.1) is 17.8 Å². The maximum atomic E-state index is 13.3. The van der Waals surface area contributed by atoms with Crippen LogP contribution in [0.4, 0.5) is 8.78 Å². The van der Waals surface area contributed by atoms with Crippen molar-refractivity contribution in [1.82, 2.24) is 9.80 Å². The van der Waals surface area contributed by atoms with Crippen LogP contribution in [0.15, 0.2) is 0 Å². The third-order valence-electron chi connectivity index (χ3n) is 3.93. The number of hydrogen-bond acceptors (Lipinski definition) is 2. The van der Waals surface area contributed by atoms with Gasteiger partial charge in [0, 0.05) is 38.6 Å². The molecular weight excluding hydrogens is 238 g/mol. The van der Waals surface area contributed by atoms with Gasteiger partial charge in [0.2, 0.25) is 5.91 Å². The summed E-state index contributed by atoms with van der Waals surface area (Å²) >= 11 is 0. The van der Waals surface area contributed by atoms with E-state index in [-0.39, 0.29) is 0 Å². The second-order valence-corrected chi connectivity index (χ2v) is 5.35. The minimum Gasteiger partial charge on any atom is -0.339 e. The van der Waals surface area contributed by atoms with Crippen molar-refractivity contribution in [3.8, 4) is 12.3 Å². The molecule has 18 heavy (non-hydrogen) atoms. The number of carbonyl (C=O) groups excluding carboxylic acids is 1. The van der Waals surface area contributed by atoms with E-state index in [9.17, 15) is 13.6 Å². The number of amides is 1. The molecule has 0 aromatic rings. The van der Waals surface area contributed by atoms with E-state index in [1.165, 1.54) is 4.90 Å². The van der Waals surface area contributed by atoms with Gasteiger partial charge in [-0.2, -0.15) is 0 Å². The molecule has 1 amide bonds. The summed E-state index contributed by atoms with van der Waals surface area (Å²) < 4.78 is 26.5. The molecule has 2 rings (SSSR count). The van der Waals surface area contributed by atoms with Gasteiger partial charge in [-0.1, -0.05) is 5.92 Å². The number of alkyl halides is 2. The minimum absolute atomic E-state index is 0.409. The number of piperazine rings is 1. The van der Waals surface area contributed by atoms with Crippen LogP contribution in [0.3, 0.4) is 0 Å². The molecule has 5 heteroatoms. The Morgan fingerprint density at radius 2 is 1.78 bits per heavy atom. The van der Waals surface area contributed by atoms with Crippen LogP contribution < -0.4 is 0 Å². The van der Waals surface area contributed by atoms with Gasteiger partial charge in [0.05, 0.1) is 0 Å². The monoisotopic (exact) mass is 256 g/mol. The minimum atomic E-state index is -3.02. The van der Waals surface area contributed by atoms with Crippen molar-refractivity contribution in [3.05, 3.63) is 0 Å². The van der Waals surface area contributed by atoms with Crippen molar-refractivity contribution in [1.29, 1.82) is 0 Å². The number of terminal acetylenes is 1. The fourth-order valence-corrected chi connectivity index (χ4v) is 2.45. The highest BCUT2D eigenvalue weighted by molar-refractivity contribution is 5.91. The molecule has 1 aliphatic heterocycles. The van der Waals surface area contributed by atoms with Gasteiger partial charge in [0.25, 0.3) is 5.92 Å². The fraction of sp³-hybridized carbons (Fsp3) is 0.769. The molecule has 1 heterocycles. The van der Waals surface area contributed by atoms with Gasteiger partial charge in [0.1, 0.15) is 0 Å². The number of rotatable bonds is 2. The second-order valence-electron chi connectivity index (χ2n) is 5.35. The Balaban J connectivity index is 1.99. The largest absolute Gasteiger partial charge is 0.339 e. The van der Waals surface area contributed by atoms with Crippen molar-refractivity contribution in [2.45, 2.75) is 32.2 Å². The summed E-state index contributed by atoms with van der Waals surface area (Å²) in [5, 5.41) is 0. The first-order chi connectivity index (χ1) is 8.34. The third-order valence-corrected chi connectivity index (χ3v) is 3.93. The molecule has 0 bridgehead atoms. The van der Waals surface area contributed by atoms with Gasteiger partial charge >= 0.3 is 0 Å². The van der Waals surface area contributed by atoms with Crippen LogP contribution in [0.25, 0.3) is 0 Å².